The Morgan fingerprint density at radius 1 is 1.11 bits per heavy atom. The number of ether oxygens (including phenoxy) is 1. The van der Waals surface area contributed by atoms with Gasteiger partial charge in [-0.05, 0) is 24.3 Å². The Morgan fingerprint density at radius 2 is 1.94 bits per heavy atom. The molecule has 0 aliphatic carbocycles. The highest BCUT2D eigenvalue weighted by atomic mass is 16.5. The summed E-state index contributed by atoms with van der Waals surface area (Å²) in [4.78, 5) is 28.5. The van der Waals surface area contributed by atoms with E-state index in [-0.39, 0.29) is 11.5 Å². The van der Waals surface area contributed by atoms with Crippen molar-refractivity contribution in [3.05, 3.63) is 46.2 Å². The number of hydrogen-bond acceptors (Lipinski definition) is 3. The monoisotopic (exact) mass is 242 g/mol. The third-order valence-corrected chi connectivity index (χ3v) is 2.91. The summed E-state index contributed by atoms with van der Waals surface area (Å²) in [7, 11) is 1.35. The zero-order valence-corrected chi connectivity index (χ0v) is 9.61. The van der Waals surface area contributed by atoms with Gasteiger partial charge in [-0.3, -0.25) is 4.79 Å². The van der Waals surface area contributed by atoms with E-state index in [1.54, 1.807) is 24.3 Å². The van der Waals surface area contributed by atoms with E-state index in [1.165, 1.54) is 13.2 Å². The summed E-state index contributed by atoms with van der Waals surface area (Å²) in [5, 5.41) is 1.75. The largest absolute Gasteiger partial charge is 0.465 e. The van der Waals surface area contributed by atoms with Gasteiger partial charge in [0, 0.05) is 22.4 Å². The highest BCUT2D eigenvalue weighted by Gasteiger charge is 2.09. The van der Waals surface area contributed by atoms with Gasteiger partial charge in [-0.25, -0.2) is 4.79 Å². The van der Waals surface area contributed by atoms with Crippen LogP contribution in [-0.4, -0.2) is 23.0 Å². The molecular weight excluding hydrogens is 232 g/mol. The van der Waals surface area contributed by atoms with Gasteiger partial charge in [0.1, 0.15) is 5.65 Å². The molecule has 5 heteroatoms. The number of nitrogens with one attached hydrogen (secondary N) is 2. The highest BCUT2D eigenvalue weighted by Crippen LogP contribution is 2.24. The van der Waals surface area contributed by atoms with Crippen molar-refractivity contribution >= 4 is 27.9 Å². The molecule has 0 aliphatic heterocycles. The minimum atomic E-state index is -0.379. The van der Waals surface area contributed by atoms with Crippen LogP contribution in [0, 0.1) is 0 Å². The Balaban J connectivity index is 2.35. The SMILES string of the molecule is COC(=O)c1ccc2[nH]c3[nH]c(=O)ccc3c2c1. The lowest BCUT2D eigenvalue weighted by atomic mass is 10.1. The average molecular weight is 242 g/mol. The molecule has 3 aromatic rings. The fourth-order valence-electron chi connectivity index (χ4n) is 2.05. The molecule has 1 aromatic carbocycles. The van der Waals surface area contributed by atoms with Crippen LogP contribution in [0.4, 0.5) is 0 Å². The topological polar surface area (TPSA) is 75.0 Å². The van der Waals surface area contributed by atoms with Crippen LogP contribution in [0.15, 0.2) is 35.1 Å². The second kappa shape index (κ2) is 3.73. The Hall–Kier alpha value is -2.56. The number of carbonyl (C=O) groups excluding carboxylic acids is 1. The Kier molecular flexibility index (Phi) is 2.19. The van der Waals surface area contributed by atoms with Crippen molar-refractivity contribution < 1.29 is 9.53 Å². The quantitative estimate of drug-likeness (QED) is 0.639. The number of H-pyrrole nitrogens is 2. The second-order valence-corrected chi connectivity index (χ2v) is 3.99. The van der Waals surface area contributed by atoms with Crippen LogP contribution in [-0.2, 0) is 4.74 Å². The van der Waals surface area contributed by atoms with Crippen LogP contribution in [0.5, 0.6) is 0 Å². The number of aromatic nitrogens is 2. The molecule has 0 spiro atoms. The van der Waals surface area contributed by atoms with Crippen LogP contribution >= 0.6 is 0 Å². The van der Waals surface area contributed by atoms with Crippen molar-refractivity contribution in [3.8, 4) is 0 Å². The van der Waals surface area contributed by atoms with Crippen molar-refractivity contribution in [1.29, 1.82) is 0 Å². The van der Waals surface area contributed by atoms with Gasteiger partial charge >= 0.3 is 5.97 Å². The van der Waals surface area contributed by atoms with Crippen molar-refractivity contribution in [1.82, 2.24) is 9.97 Å². The molecule has 0 saturated heterocycles. The molecule has 0 bridgehead atoms. The molecule has 0 radical (unpaired) electrons. The van der Waals surface area contributed by atoms with Gasteiger partial charge in [-0.2, -0.15) is 0 Å². The Bertz CT molecular complexity index is 814. The molecule has 2 aromatic heterocycles. The number of hydrogen-bond donors (Lipinski definition) is 2. The van der Waals surface area contributed by atoms with Gasteiger partial charge in [-0.1, -0.05) is 0 Å². The second-order valence-electron chi connectivity index (χ2n) is 3.99. The molecule has 0 aliphatic rings. The summed E-state index contributed by atoms with van der Waals surface area (Å²) in [6.07, 6.45) is 0. The van der Waals surface area contributed by atoms with Crippen LogP contribution in [0.1, 0.15) is 10.4 Å². The number of fused-ring (bicyclic) bond motifs is 3. The van der Waals surface area contributed by atoms with Gasteiger partial charge in [-0.15, -0.1) is 0 Å². The van der Waals surface area contributed by atoms with Crippen molar-refractivity contribution in [2.24, 2.45) is 0 Å². The predicted octanol–water partition coefficient (Wildman–Crippen LogP) is 1.80. The Morgan fingerprint density at radius 3 is 2.72 bits per heavy atom. The lowest BCUT2D eigenvalue weighted by Gasteiger charge is -1.98. The van der Waals surface area contributed by atoms with Crippen LogP contribution in [0.25, 0.3) is 21.9 Å². The van der Waals surface area contributed by atoms with E-state index in [4.69, 9.17) is 0 Å². The standard InChI is InChI=1S/C13H10N2O3/c1-18-13(17)7-2-4-10-9(6-7)8-3-5-11(16)15-12(8)14-10/h2-6H,1H3,(H2,14,15,16). The Labute approximate surface area is 101 Å². The van der Waals surface area contributed by atoms with E-state index in [2.05, 4.69) is 14.7 Å². The zero-order chi connectivity index (χ0) is 12.7. The van der Waals surface area contributed by atoms with E-state index in [0.717, 1.165) is 16.3 Å². The smallest absolute Gasteiger partial charge is 0.337 e. The lowest BCUT2D eigenvalue weighted by Crippen LogP contribution is -2.01. The predicted molar refractivity (Wildman–Crippen MR) is 67.8 cm³/mol. The molecule has 18 heavy (non-hydrogen) atoms. The summed E-state index contributed by atoms with van der Waals surface area (Å²) in [6, 6.07) is 8.41. The summed E-state index contributed by atoms with van der Waals surface area (Å²) < 4.78 is 4.69. The van der Waals surface area contributed by atoms with Gasteiger partial charge < -0.3 is 14.7 Å². The molecule has 5 nitrogen and oxygen atoms in total. The average Bonchev–Trinajstić information content (AvgIpc) is 2.74. The maximum atomic E-state index is 11.5. The summed E-state index contributed by atoms with van der Waals surface area (Å²) >= 11 is 0. The van der Waals surface area contributed by atoms with Crippen molar-refractivity contribution in [2.45, 2.75) is 0 Å². The maximum Gasteiger partial charge on any atom is 0.337 e. The number of aromatic amines is 2. The number of pyridine rings is 1. The first kappa shape index (κ1) is 10.6. The van der Waals surface area contributed by atoms with E-state index in [1.807, 2.05) is 0 Å². The fourth-order valence-corrected chi connectivity index (χ4v) is 2.05. The summed E-state index contributed by atoms with van der Waals surface area (Å²) in [5.41, 5.74) is 1.83. The first-order valence-electron chi connectivity index (χ1n) is 5.42. The van der Waals surface area contributed by atoms with Crippen LogP contribution < -0.4 is 5.56 Å². The molecule has 0 atom stereocenters. The molecule has 0 unspecified atom stereocenters. The molecule has 3 rings (SSSR count). The first-order chi connectivity index (χ1) is 8.69. The molecule has 0 fully saturated rings. The molecular formula is C13H10N2O3. The molecule has 0 saturated carbocycles. The van der Waals surface area contributed by atoms with E-state index in [0.29, 0.717) is 11.2 Å². The van der Waals surface area contributed by atoms with Gasteiger partial charge in [0.15, 0.2) is 0 Å². The number of methoxy groups -OCH3 is 1. The summed E-state index contributed by atoms with van der Waals surface area (Å²) in [6.45, 7) is 0. The number of rotatable bonds is 1. The zero-order valence-electron chi connectivity index (χ0n) is 9.61. The van der Waals surface area contributed by atoms with E-state index in [9.17, 15) is 9.59 Å². The van der Waals surface area contributed by atoms with Gasteiger partial charge in [0.05, 0.1) is 12.7 Å². The number of benzene rings is 1. The minimum absolute atomic E-state index is 0.165. The minimum Gasteiger partial charge on any atom is -0.465 e. The number of carbonyl (C=O) groups is 1. The molecule has 0 amide bonds. The van der Waals surface area contributed by atoms with Crippen LogP contribution in [0.3, 0.4) is 0 Å². The molecule has 2 N–H and O–H groups in total. The van der Waals surface area contributed by atoms with Crippen molar-refractivity contribution in [2.75, 3.05) is 7.11 Å². The lowest BCUT2D eigenvalue weighted by molar-refractivity contribution is 0.0601. The molecule has 90 valence electrons. The third kappa shape index (κ3) is 1.48. The molecule has 2 heterocycles. The fraction of sp³-hybridized carbons (Fsp3) is 0.0769. The normalized spacial score (nSPS) is 10.9. The van der Waals surface area contributed by atoms with E-state index < -0.39 is 0 Å². The van der Waals surface area contributed by atoms with Gasteiger partial charge in [0.2, 0.25) is 5.56 Å². The first-order valence-corrected chi connectivity index (χ1v) is 5.42. The number of esters is 1. The summed E-state index contributed by atoms with van der Waals surface area (Å²) in [5.74, 6) is -0.379. The van der Waals surface area contributed by atoms with Gasteiger partial charge in [0.25, 0.3) is 0 Å². The highest BCUT2D eigenvalue weighted by molar-refractivity contribution is 6.08. The van der Waals surface area contributed by atoms with Crippen molar-refractivity contribution in [3.63, 3.8) is 0 Å². The third-order valence-electron chi connectivity index (χ3n) is 2.91. The maximum absolute atomic E-state index is 11.5. The van der Waals surface area contributed by atoms with Crippen LogP contribution in [0.2, 0.25) is 0 Å². The van der Waals surface area contributed by atoms with E-state index >= 15 is 0 Å².